The Morgan fingerprint density at radius 3 is 2.82 bits per heavy atom. The number of rotatable bonds is 4. The van der Waals surface area contributed by atoms with Crippen LogP contribution in [-0.2, 0) is 4.74 Å². The summed E-state index contributed by atoms with van der Waals surface area (Å²) in [7, 11) is 0. The minimum atomic E-state index is -1.12. The van der Waals surface area contributed by atoms with Crippen molar-refractivity contribution in [3.63, 3.8) is 0 Å². The van der Waals surface area contributed by atoms with Gasteiger partial charge in [-0.1, -0.05) is 19.1 Å². The molecule has 64 valence electrons. The SMILES string of the molecule is CC/C=C\CC(O)OC(=O)Cl. The molecule has 0 heterocycles. The molecule has 0 radical (unpaired) electrons. The highest BCUT2D eigenvalue weighted by atomic mass is 35.5. The fraction of sp³-hybridized carbons (Fsp3) is 0.571. The van der Waals surface area contributed by atoms with Crippen LogP contribution >= 0.6 is 11.6 Å². The normalized spacial score (nSPS) is 13.4. The van der Waals surface area contributed by atoms with Crippen LogP contribution in [0.2, 0.25) is 0 Å². The van der Waals surface area contributed by atoms with E-state index < -0.39 is 11.7 Å². The number of aliphatic hydroxyl groups is 1. The van der Waals surface area contributed by atoms with Gasteiger partial charge in [0.25, 0.3) is 0 Å². The molecular weight excluding hydrogens is 168 g/mol. The van der Waals surface area contributed by atoms with Crippen molar-refractivity contribution in [2.45, 2.75) is 26.1 Å². The molecular formula is C7H11ClO3. The van der Waals surface area contributed by atoms with E-state index in [4.69, 9.17) is 16.7 Å². The van der Waals surface area contributed by atoms with Gasteiger partial charge in [0, 0.05) is 18.0 Å². The summed E-state index contributed by atoms with van der Waals surface area (Å²) in [6, 6.07) is 0. The number of halogens is 1. The Kier molecular flexibility index (Phi) is 5.88. The second kappa shape index (κ2) is 6.19. The lowest BCUT2D eigenvalue weighted by Gasteiger charge is -2.05. The molecule has 0 aromatic carbocycles. The largest absolute Gasteiger partial charge is 0.424 e. The molecule has 0 aliphatic carbocycles. The standard InChI is InChI=1S/C7H11ClO3/c1-2-3-4-5-6(9)11-7(8)10/h3-4,6,9H,2,5H2,1H3/b4-3-. The van der Waals surface area contributed by atoms with Crippen molar-refractivity contribution >= 4 is 17.0 Å². The zero-order valence-electron chi connectivity index (χ0n) is 6.29. The van der Waals surface area contributed by atoms with Crippen molar-refractivity contribution in [2.24, 2.45) is 0 Å². The van der Waals surface area contributed by atoms with Crippen LogP contribution in [0.25, 0.3) is 0 Å². The van der Waals surface area contributed by atoms with Gasteiger partial charge < -0.3 is 9.84 Å². The van der Waals surface area contributed by atoms with Gasteiger partial charge in [-0.25, -0.2) is 4.79 Å². The summed E-state index contributed by atoms with van der Waals surface area (Å²) < 4.78 is 4.23. The van der Waals surface area contributed by atoms with Crippen LogP contribution in [0.4, 0.5) is 4.79 Å². The van der Waals surface area contributed by atoms with Crippen LogP contribution < -0.4 is 0 Å². The van der Waals surface area contributed by atoms with Gasteiger partial charge >= 0.3 is 5.43 Å². The molecule has 1 atom stereocenters. The Morgan fingerprint density at radius 1 is 1.73 bits per heavy atom. The molecule has 0 rings (SSSR count). The van der Waals surface area contributed by atoms with E-state index in [1.807, 2.05) is 13.0 Å². The third-order valence-corrected chi connectivity index (χ3v) is 1.06. The van der Waals surface area contributed by atoms with E-state index in [9.17, 15) is 4.79 Å². The number of carbonyl (C=O) groups is 1. The first-order valence-corrected chi connectivity index (χ1v) is 3.73. The van der Waals surface area contributed by atoms with Gasteiger partial charge in [-0.05, 0) is 6.42 Å². The zero-order chi connectivity index (χ0) is 8.69. The van der Waals surface area contributed by atoms with Crippen molar-refractivity contribution in [2.75, 3.05) is 0 Å². The molecule has 11 heavy (non-hydrogen) atoms. The molecule has 0 saturated carbocycles. The summed E-state index contributed by atoms with van der Waals surface area (Å²) in [5, 5.41) is 8.87. The highest BCUT2D eigenvalue weighted by Crippen LogP contribution is 1.99. The van der Waals surface area contributed by atoms with Gasteiger partial charge in [0.1, 0.15) is 0 Å². The predicted octanol–water partition coefficient (Wildman–Crippen LogP) is 2.04. The maximum Gasteiger partial charge on any atom is 0.406 e. The molecule has 0 bridgehead atoms. The van der Waals surface area contributed by atoms with E-state index >= 15 is 0 Å². The summed E-state index contributed by atoms with van der Waals surface area (Å²) in [5.41, 5.74) is -0.984. The fourth-order valence-corrected chi connectivity index (χ4v) is 0.637. The Hall–Kier alpha value is -0.540. The third-order valence-electron chi connectivity index (χ3n) is 0.969. The molecule has 0 aliphatic heterocycles. The maximum atomic E-state index is 10.0. The highest BCUT2D eigenvalue weighted by Gasteiger charge is 2.04. The average molecular weight is 179 g/mol. The molecule has 0 amide bonds. The van der Waals surface area contributed by atoms with Crippen molar-refractivity contribution in [1.29, 1.82) is 0 Å². The van der Waals surface area contributed by atoms with Gasteiger partial charge in [-0.2, -0.15) is 0 Å². The van der Waals surface area contributed by atoms with Crippen LogP contribution in [0.5, 0.6) is 0 Å². The topological polar surface area (TPSA) is 46.5 Å². The molecule has 1 N–H and O–H groups in total. The lowest BCUT2D eigenvalue weighted by Crippen LogP contribution is -2.11. The van der Waals surface area contributed by atoms with Crippen LogP contribution in [0.3, 0.4) is 0 Å². The fourth-order valence-electron chi connectivity index (χ4n) is 0.534. The quantitative estimate of drug-likeness (QED) is 0.407. The first kappa shape index (κ1) is 10.5. The third kappa shape index (κ3) is 7.36. The second-order valence-corrected chi connectivity index (χ2v) is 2.23. The molecule has 1 unspecified atom stereocenters. The van der Waals surface area contributed by atoms with Crippen molar-refractivity contribution < 1.29 is 14.6 Å². The monoisotopic (exact) mass is 178 g/mol. The van der Waals surface area contributed by atoms with Gasteiger partial charge in [-0.15, -0.1) is 0 Å². The molecule has 0 aromatic rings. The van der Waals surface area contributed by atoms with E-state index in [-0.39, 0.29) is 6.42 Å². The molecule has 0 saturated heterocycles. The highest BCUT2D eigenvalue weighted by molar-refractivity contribution is 6.61. The summed E-state index contributed by atoms with van der Waals surface area (Å²) >= 11 is 4.84. The maximum absolute atomic E-state index is 10.0. The Bertz CT molecular complexity index is 145. The minimum Gasteiger partial charge on any atom is -0.424 e. The summed E-state index contributed by atoms with van der Waals surface area (Å²) in [5.74, 6) is 0. The van der Waals surface area contributed by atoms with Gasteiger partial charge in [-0.3, -0.25) is 0 Å². The molecule has 0 aromatic heterocycles. The number of carbonyl (C=O) groups excluding carboxylic acids is 1. The van der Waals surface area contributed by atoms with Crippen LogP contribution in [0.15, 0.2) is 12.2 Å². The molecule has 4 heteroatoms. The van der Waals surface area contributed by atoms with Gasteiger partial charge in [0.05, 0.1) is 0 Å². The number of hydrogen-bond acceptors (Lipinski definition) is 3. The van der Waals surface area contributed by atoms with Crippen LogP contribution in [0.1, 0.15) is 19.8 Å². The molecule has 0 spiro atoms. The summed E-state index contributed by atoms with van der Waals surface area (Å²) in [4.78, 5) is 10.0. The van der Waals surface area contributed by atoms with E-state index in [2.05, 4.69) is 4.74 Å². The van der Waals surface area contributed by atoms with E-state index in [1.165, 1.54) is 0 Å². The van der Waals surface area contributed by atoms with E-state index in [1.54, 1.807) is 6.08 Å². The van der Waals surface area contributed by atoms with Crippen LogP contribution in [-0.4, -0.2) is 16.8 Å². The number of aliphatic hydroxyl groups excluding tert-OH is 1. The number of hydrogen-bond donors (Lipinski definition) is 1. The smallest absolute Gasteiger partial charge is 0.406 e. The predicted molar refractivity (Wildman–Crippen MR) is 42.4 cm³/mol. The van der Waals surface area contributed by atoms with E-state index in [0.29, 0.717) is 0 Å². The molecule has 0 aliphatic rings. The van der Waals surface area contributed by atoms with Gasteiger partial charge in [0.2, 0.25) is 6.29 Å². The Labute approximate surface area is 70.6 Å². The van der Waals surface area contributed by atoms with Crippen molar-refractivity contribution in [3.05, 3.63) is 12.2 Å². The first-order chi connectivity index (χ1) is 5.16. The first-order valence-electron chi connectivity index (χ1n) is 3.36. The minimum absolute atomic E-state index is 0.284. The van der Waals surface area contributed by atoms with E-state index in [0.717, 1.165) is 6.42 Å². The zero-order valence-corrected chi connectivity index (χ0v) is 7.04. The summed E-state index contributed by atoms with van der Waals surface area (Å²) in [6.45, 7) is 1.97. The van der Waals surface area contributed by atoms with Crippen LogP contribution in [0, 0.1) is 0 Å². The lowest BCUT2D eigenvalue weighted by molar-refractivity contribution is -0.0386. The average Bonchev–Trinajstić information content (AvgIpc) is 1.86. The molecule has 3 nitrogen and oxygen atoms in total. The van der Waals surface area contributed by atoms with Crippen molar-refractivity contribution in [1.82, 2.24) is 0 Å². The Balaban J connectivity index is 3.44. The van der Waals surface area contributed by atoms with Gasteiger partial charge in [0.15, 0.2) is 0 Å². The summed E-state index contributed by atoms with van der Waals surface area (Å²) in [6.07, 6.45) is 3.65. The number of allylic oxidation sites excluding steroid dienone is 1. The van der Waals surface area contributed by atoms with Crippen molar-refractivity contribution in [3.8, 4) is 0 Å². The lowest BCUT2D eigenvalue weighted by atomic mass is 10.3. The molecule has 0 fully saturated rings. The number of ether oxygens (including phenoxy) is 1. The Morgan fingerprint density at radius 2 is 2.36 bits per heavy atom. The second-order valence-electron chi connectivity index (χ2n) is 1.93.